The zero-order valence-corrected chi connectivity index (χ0v) is 22.0. The molecule has 0 bridgehead atoms. The number of ether oxygens (including phenoxy) is 1. The highest BCUT2D eigenvalue weighted by Crippen LogP contribution is 2.25. The number of aliphatic hydroxyl groups excluding tert-OH is 1. The van der Waals surface area contributed by atoms with Gasteiger partial charge >= 0.3 is 0 Å². The van der Waals surface area contributed by atoms with Crippen LogP contribution >= 0.6 is 0 Å². The molecule has 4 rings (SSSR count). The molecular weight excluding hydrogens is 518 g/mol. The number of benzene rings is 2. The SMILES string of the molecule is CN(C)CC(O)COc1ccnc2ccc(C#CCNC(=O)c3cccn(Cc4ccc(F)c(F)c4)c3=O)cc12. The summed E-state index contributed by atoms with van der Waals surface area (Å²) in [5, 5.41) is 13.5. The fraction of sp³-hybridized carbons (Fsp3) is 0.233. The van der Waals surface area contributed by atoms with Crippen molar-refractivity contribution in [3.63, 3.8) is 0 Å². The number of carbonyl (C=O) groups is 1. The molecule has 0 aliphatic rings. The quantitative estimate of drug-likeness (QED) is 0.314. The van der Waals surface area contributed by atoms with Gasteiger partial charge in [-0.2, -0.15) is 0 Å². The van der Waals surface area contributed by atoms with Crippen molar-refractivity contribution in [3.05, 3.63) is 106 Å². The average Bonchev–Trinajstić information content (AvgIpc) is 2.92. The van der Waals surface area contributed by atoms with Gasteiger partial charge in [-0.3, -0.25) is 14.6 Å². The first-order valence-corrected chi connectivity index (χ1v) is 12.5. The van der Waals surface area contributed by atoms with Gasteiger partial charge in [0.05, 0.1) is 18.6 Å². The van der Waals surface area contributed by atoms with E-state index >= 15 is 0 Å². The van der Waals surface area contributed by atoms with E-state index in [0.717, 1.165) is 17.5 Å². The van der Waals surface area contributed by atoms with E-state index in [2.05, 4.69) is 22.1 Å². The van der Waals surface area contributed by atoms with Crippen LogP contribution in [0.4, 0.5) is 8.78 Å². The molecule has 2 aromatic carbocycles. The number of likely N-dealkylation sites (N-methyl/N-ethyl adjacent to an activating group) is 1. The maximum absolute atomic E-state index is 13.5. The number of hydrogen-bond acceptors (Lipinski definition) is 6. The van der Waals surface area contributed by atoms with Gasteiger partial charge in [-0.1, -0.05) is 17.9 Å². The molecule has 0 saturated heterocycles. The first-order valence-electron chi connectivity index (χ1n) is 12.5. The van der Waals surface area contributed by atoms with Gasteiger partial charge in [-0.25, -0.2) is 8.78 Å². The van der Waals surface area contributed by atoms with Crippen LogP contribution in [0.25, 0.3) is 10.9 Å². The Morgan fingerprint density at radius 3 is 2.75 bits per heavy atom. The minimum absolute atomic E-state index is 0.0124. The second-order valence-corrected chi connectivity index (χ2v) is 9.36. The Kier molecular flexibility index (Phi) is 9.22. The molecular formula is C30H28F2N4O4. The predicted octanol–water partition coefficient (Wildman–Crippen LogP) is 2.81. The summed E-state index contributed by atoms with van der Waals surface area (Å²) in [5.41, 5.74) is 1.10. The molecule has 1 amide bonds. The van der Waals surface area contributed by atoms with Crippen LogP contribution in [0.1, 0.15) is 21.5 Å². The summed E-state index contributed by atoms with van der Waals surface area (Å²) in [6, 6.07) is 13.4. The number of carbonyl (C=O) groups excluding carboxylic acids is 1. The largest absolute Gasteiger partial charge is 0.490 e. The molecule has 0 aliphatic heterocycles. The van der Waals surface area contributed by atoms with Crippen molar-refractivity contribution in [3.8, 4) is 17.6 Å². The van der Waals surface area contributed by atoms with Crippen molar-refractivity contribution >= 4 is 16.8 Å². The van der Waals surface area contributed by atoms with Crippen LogP contribution in [0.15, 0.2) is 71.8 Å². The van der Waals surface area contributed by atoms with E-state index in [1.54, 1.807) is 24.4 Å². The number of nitrogens with one attached hydrogen (secondary N) is 1. The molecule has 2 heterocycles. The van der Waals surface area contributed by atoms with Gasteiger partial charge < -0.3 is 24.6 Å². The lowest BCUT2D eigenvalue weighted by Gasteiger charge is -2.17. The fourth-order valence-corrected chi connectivity index (χ4v) is 4.02. The first-order chi connectivity index (χ1) is 19.2. The standard InChI is InChI=1S/C30H28F2N4O4/c1-35(2)18-22(37)19-40-28-11-13-33-27-10-8-20(15-24(27)28)5-3-12-34-29(38)23-6-4-14-36(30(23)39)17-21-7-9-25(31)26(32)16-21/h4,6-11,13-16,22,37H,12,17-19H2,1-2H3,(H,34,38). The first kappa shape index (κ1) is 28.4. The fourth-order valence-electron chi connectivity index (χ4n) is 4.02. The molecule has 10 heteroatoms. The summed E-state index contributed by atoms with van der Waals surface area (Å²) < 4.78 is 33.8. The molecule has 206 valence electrons. The van der Waals surface area contributed by atoms with Crippen LogP contribution in [0.3, 0.4) is 0 Å². The van der Waals surface area contributed by atoms with Crippen molar-refractivity contribution in [2.75, 3.05) is 33.8 Å². The number of hydrogen-bond donors (Lipinski definition) is 2. The Hall–Kier alpha value is -4.59. The van der Waals surface area contributed by atoms with E-state index in [4.69, 9.17) is 4.74 Å². The normalized spacial score (nSPS) is 11.7. The van der Waals surface area contributed by atoms with Crippen molar-refractivity contribution in [2.24, 2.45) is 0 Å². The van der Waals surface area contributed by atoms with Crippen LogP contribution in [0, 0.1) is 23.5 Å². The molecule has 2 aromatic heterocycles. The van der Waals surface area contributed by atoms with Crippen LogP contribution in [0.2, 0.25) is 0 Å². The van der Waals surface area contributed by atoms with Crippen LogP contribution < -0.4 is 15.6 Å². The third-order valence-corrected chi connectivity index (χ3v) is 5.88. The summed E-state index contributed by atoms with van der Waals surface area (Å²) in [4.78, 5) is 31.6. The highest BCUT2D eigenvalue weighted by molar-refractivity contribution is 5.94. The number of pyridine rings is 2. The molecule has 40 heavy (non-hydrogen) atoms. The minimum atomic E-state index is -1.01. The van der Waals surface area contributed by atoms with Gasteiger partial charge in [0, 0.05) is 29.9 Å². The van der Waals surface area contributed by atoms with Gasteiger partial charge in [0.25, 0.3) is 11.5 Å². The maximum atomic E-state index is 13.5. The molecule has 2 N–H and O–H groups in total. The number of amides is 1. The van der Waals surface area contributed by atoms with Gasteiger partial charge in [0.15, 0.2) is 11.6 Å². The number of halogens is 2. The summed E-state index contributed by atoms with van der Waals surface area (Å²) in [6.07, 6.45) is 2.45. The molecule has 0 aliphatic carbocycles. The van der Waals surface area contributed by atoms with Gasteiger partial charge in [-0.05, 0) is 68.2 Å². The van der Waals surface area contributed by atoms with Crippen molar-refractivity contribution in [1.82, 2.24) is 19.8 Å². The molecule has 0 spiro atoms. The highest BCUT2D eigenvalue weighted by atomic mass is 19.2. The Labute approximate surface area is 229 Å². The second kappa shape index (κ2) is 13.0. The number of aliphatic hydroxyl groups is 1. The van der Waals surface area contributed by atoms with Crippen molar-refractivity contribution < 1.29 is 23.4 Å². The average molecular weight is 547 g/mol. The van der Waals surface area contributed by atoms with Gasteiger partial charge in [-0.15, -0.1) is 0 Å². The Morgan fingerprint density at radius 1 is 1.15 bits per heavy atom. The smallest absolute Gasteiger partial charge is 0.263 e. The summed E-state index contributed by atoms with van der Waals surface area (Å²) in [6.45, 7) is 0.563. The predicted molar refractivity (Wildman–Crippen MR) is 147 cm³/mol. The van der Waals surface area contributed by atoms with Crippen molar-refractivity contribution in [1.29, 1.82) is 0 Å². The van der Waals surface area contributed by atoms with E-state index in [1.165, 1.54) is 29.0 Å². The number of fused-ring (bicyclic) bond motifs is 1. The summed E-state index contributed by atoms with van der Waals surface area (Å²) >= 11 is 0. The Bertz CT molecular complexity index is 1640. The molecule has 1 atom stereocenters. The number of aromatic nitrogens is 2. The Balaban J connectivity index is 1.41. The monoisotopic (exact) mass is 546 g/mol. The second-order valence-electron chi connectivity index (χ2n) is 9.36. The van der Waals surface area contributed by atoms with E-state index in [9.17, 15) is 23.5 Å². The topological polar surface area (TPSA) is 96.7 Å². The lowest BCUT2D eigenvalue weighted by atomic mass is 10.1. The van der Waals surface area contributed by atoms with Gasteiger partial charge in [0.2, 0.25) is 0 Å². The van der Waals surface area contributed by atoms with Crippen molar-refractivity contribution in [2.45, 2.75) is 12.6 Å². The molecule has 0 fully saturated rings. The van der Waals surface area contributed by atoms with Crippen LogP contribution in [-0.2, 0) is 6.54 Å². The molecule has 8 nitrogen and oxygen atoms in total. The lowest BCUT2D eigenvalue weighted by Crippen LogP contribution is -2.33. The zero-order chi connectivity index (χ0) is 28.6. The minimum Gasteiger partial charge on any atom is -0.490 e. The molecule has 1 unspecified atom stereocenters. The molecule has 0 saturated carbocycles. The molecule has 0 radical (unpaired) electrons. The number of nitrogens with zero attached hydrogens (tertiary/aromatic N) is 3. The lowest BCUT2D eigenvalue weighted by molar-refractivity contribution is 0.0837. The van der Waals surface area contributed by atoms with Crippen LogP contribution in [0.5, 0.6) is 5.75 Å². The van der Waals surface area contributed by atoms with E-state index in [1.807, 2.05) is 25.1 Å². The Morgan fingerprint density at radius 2 is 1.98 bits per heavy atom. The summed E-state index contributed by atoms with van der Waals surface area (Å²) in [5.74, 6) is 3.83. The molecule has 4 aromatic rings. The van der Waals surface area contributed by atoms with Crippen LogP contribution in [-0.4, -0.2) is 65.4 Å². The van der Waals surface area contributed by atoms with E-state index < -0.39 is 29.2 Å². The third-order valence-electron chi connectivity index (χ3n) is 5.88. The van der Waals surface area contributed by atoms with E-state index in [0.29, 0.717) is 28.9 Å². The van der Waals surface area contributed by atoms with E-state index in [-0.39, 0.29) is 25.3 Å². The number of rotatable bonds is 9. The third kappa shape index (κ3) is 7.28. The zero-order valence-electron chi connectivity index (χ0n) is 22.0. The maximum Gasteiger partial charge on any atom is 0.263 e. The highest BCUT2D eigenvalue weighted by Gasteiger charge is 2.13. The van der Waals surface area contributed by atoms with Gasteiger partial charge in [0.1, 0.15) is 24.0 Å². The summed E-state index contributed by atoms with van der Waals surface area (Å²) in [7, 11) is 3.74.